The number of hydrogen-bond acceptors (Lipinski definition) is 3. The molecule has 0 aromatic rings. The molecule has 1 saturated heterocycles. The van der Waals surface area contributed by atoms with Gasteiger partial charge in [-0.15, -0.1) is 0 Å². The number of fused-ring (bicyclic) bond motifs is 2. The van der Waals surface area contributed by atoms with E-state index < -0.39 is 5.97 Å². The Kier molecular flexibility index (Phi) is 3.14. The third-order valence-electron chi connectivity index (χ3n) is 5.79. The topological polar surface area (TPSA) is 63.6 Å². The molecule has 3 aliphatic rings. The molecule has 1 N–H and O–H groups in total. The summed E-state index contributed by atoms with van der Waals surface area (Å²) < 4.78 is 5.14. The van der Waals surface area contributed by atoms with Gasteiger partial charge in [-0.1, -0.05) is 25.5 Å². The van der Waals surface area contributed by atoms with Crippen LogP contribution in [-0.2, 0) is 14.3 Å². The minimum absolute atomic E-state index is 0.0907. The van der Waals surface area contributed by atoms with Gasteiger partial charge in [-0.2, -0.15) is 0 Å². The lowest BCUT2D eigenvalue weighted by Gasteiger charge is -2.49. The summed E-state index contributed by atoms with van der Waals surface area (Å²) in [5.41, 5.74) is -0.192. The highest BCUT2D eigenvalue weighted by Crippen LogP contribution is 2.65. The first-order valence-corrected chi connectivity index (χ1v) is 7.60. The molecule has 2 aliphatic carbocycles. The fraction of sp³-hybridized carbons (Fsp3) is 0.750. The molecule has 2 fully saturated rings. The first-order chi connectivity index (χ1) is 9.52. The summed E-state index contributed by atoms with van der Waals surface area (Å²) in [4.78, 5) is 23.3. The predicted octanol–water partition coefficient (Wildman–Crippen LogP) is 2.78. The van der Waals surface area contributed by atoms with Crippen molar-refractivity contribution in [1.82, 2.24) is 0 Å². The van der Waals surface area contributed by atoms with Crippen molar-refractivity contribution < 1.29 is 19.4 Å². The van der Waals surface area contributed by atoms with E-state index in [9.17, 15) is 14.7 Å². The molecule has 3 rings (SSSR count). The number of carboxylic acids is 1. The molecule has 1 heterocycles. The smallest absolute Gasteiger partial charge is 0.307 e. The van der Waals surface area contributed by atoms with Crippen LogP contribution in [0.15, 0.2) is 12.2 Å². The van der Waals surface area contributed by atoms with E-state index in [0.717, 1.165) is 25.7 Å². The van der Waals surface area contributed by atoms with E-state index in [1.165, 1.54) is 0 Å². The van der Waals surface area contributed by atoms with Crippen molar-refractivity contribution in [3.63, 3.8) is 0 Å². The van der Waals surface area contributed by atoms with Crippen LogP contribution in [0.25, 0.3) is 0 Å². The van der Waals surface area contributed by atoms with Gasteiger partial charge in [0.2, 0.25) is 0 Å². The number of cyclic esters (lactones) is 1. The van der Waals surface area contributed by atoms with Crippen LogP contribution < -0.4 is 0 Å². The Hall–Kier alpha value is -1.32. The Labute approximate surface area is 119 Å². The first-order valence-electron chi connectivity index (χ1n) is 7.60. The number of carbonyl (C=O) groups excluding carboxylic acids is 1. The number of allylic oxidation sites excluding steroid dienone is 2. The zero-order chi connectivity index (χ0) is 14.4. The Balaban J connectivity index is 1.94. The SMILES string of the molecule is CCCC1(C23C=CC(C2)C(C(=O)O)C3)CCOC(=O)C1. The summed E-state index contributed by atoms with van der Waals surface area (Å²) >= 11 is 0. The maximum atomic E-state index is 11.8. The monoisotopic (exact) mass is 278 g/mol. The molecule has 0 aromatic carbocycles. The number of esters is 1. The van der Waals surface area contributed by atoms with Gasteiger partial charge < -0.3 is 9.84 Å². The van der Waals surface area contributed by atoms with Gasteiger partial charge in [0.15, 0.2) is 0 Å². The van der Waals surface area contributed by atoms with Crippen molar-refractivity contribution in [2.75, 3.05) is 6.61 Å². The highest BCUT2D eigenvalue weighted by atomic mass is 16.5. The third-order valence-corrected chi connectivity index (χ3v) is 5.79. The lowest BCUT2D eigenvalue weighted by molar-refractivity contribution is -0.159. The fourth-order valence-corrected chi connectivity index (χ4v) is 4.86. The van der Waals surface area contributed by atoms with E-state index in [2.05, 4.69) is 19.1 Å². The van der Waals surface area contributed by atoms with Crippen LogP contribution in [0.5, 0.6) is 0 Å². The normalized spacial score (nSPS) is 42.8. The van der Waals surface area contributed by atoms with Crippen molar-refractivity contribution in [2.45, 2.75) is 45.4 Å². The standard InChI is InChI=1S/C16H22O4/c1-2-4-15(6-7-20-13(17)10-15)16-5-3-11(8-16)12(9-16)14(18)19/h3,5,11-12H,2,4,6-10H2,1H3,(H,18,19). The highest BCUT2D eigenvalue weighted by Gasteiger charge is 2.60. The molecule has 4 nitrogen and oxygen atoms in total. The van der Waals surface area contributed by atoms with Gasteiger partial charge in [0.1, 0.15) is 0 Å². The Bertz CT molecular complexity index is 465. The largest absolute Gasteiger partial charge is 0.481 e. The molecule has 1 saturated carbocycles. The second kappa shape index (κ2) is 4.61. The van der Waals surface area contributed by atoms with Crippen molar-refractivity contribution in [3.8, 4) is 0 Å². The molecule has 0 spiro atoms. The van der Waals surface area contributed by atoms with Crippen molar-refractivity contribution in [3.05, 3.63) is 12.2 Å². The van der Waals surface area contributed by atoms with Crippen LogP contribution >= 0.6 is 0 Å². The van der Waals surface area contributed by atoms with E-state index in [0.29, 0.717) is 19.4 Å². The fourth-order valence-electron chi connectivity index (χ4n) is 4.86. The van der Waals surface area contributed by atoms with E-state index in [1.807, 2.05) is 0 Å². The van der Waals surface area contributed by atoms with Crippen LogP contribution in [0.3, 0.4) is 0 Å². The molecular formula is C16H22O4. The molecule has 0 radical (unpaired) electrons. The van der Waals surface area contributed by atoms with E-state index in [4.69, 9.17) is 4.74 Å². The van der Waals surface area contributed by atoms with Crippen molar-refractivity contribution >= 4 is 11.9 Å². The van der Waals surface area contributed by atoms with Gasteiger partial charge in [0.05, 0.1) is 18.9 Å². The van der Waals surface area contributed by atoms with Crippen LogP contribution in [-0.4, -0.2) is 23.7 Å². The van der Waals surface area contributed by atoms with Crippen LogP contribution in [0.1, 0.15) is 45.4 Å². The molecule has 2 bridgehead atoms. The maximum absolute atomic E-state index is 11.8. The lowest BCUT2D eigenvalue weighted by atomic mass is 9.56. The first kappa shape index (κ1) is 13.7. The van der Waals surface area contributed by atoms with E-state index >= 15 is 0 Å². The summed E-state index contributed by atoms with van der Waals surface area (Å²) in [5.74, 6) is -0.924. The number of hydrogen-bond donors (Lipinski definition) is 1. The average Bonchev–Trinajstić information content (AvgIpc) is 2.98. The summed E-state index contributed by atoms with van der Waals surface area (Å²) in [6.45, 7) is 2.62. The summed E-state index contributed by atoms with van der Waals surface area (Å²) in [5, 5.41) is 9.39. The number of carboxylic acid groups (broad SMARTS) is 1. The number of rotatable bonds is 4. The predicted molar refractivity (Wildman–Crippen MR) is 73.0 cm³/mol. The Morgan fingerprint density at radius 2 is 2.30 bits per heavy atom. The molecule has 4 atom stereocenters. The van der Waals surface area contributed by atoms with Gasteiger partial charge in [0.25, 0.3) is 0 Å². The number of ether oxygens (including phenoxy) is 1. The Morgan fingerprint density at radius 1 is 1.50 bits per heavy atom. The highest BCUT2D eigenvalue weighted by molar-refractivity contribution is 5.73. The zero-order valence-electron chi connectivity index (χ0n) is 11.9. The van der Waals surface area contributed by atoms with Crippen LogP contribution in [0, 0.1) is 22.7 Å². The molecule has 4 heteroatoms. The van der Waals surface area contributed by atoms with Gasteiger partial charge in [-0.3, -0.25) is 9.59 Å². The van der Waals surface area contributed by atoms with Crippen molar-refractivity contribution in [2.24, 2.45) is 22.7 Å². The molecule has 110 valence electrons. The summed E-state index contributed by atoms with van der Waals surface area (Å²) in [6.07, 6.45) is 9.22. The molecule has 0 amide bonds. The van der Waals surface area contributed by atoms with Crippen molar-refractivity contribution in [1.29, 1.82) is 0 Å². The van der Waals surface area contributed by atoms with Crippen LogP contribution in [0.2, 0.25) is 0 Å². The molecule has 20 heavy (non-hydrogen) atoms. The Morgan fingerprint density at radius 3 is 2.90 bits per heavy atom. The minimum Gasteiger partial charge on any atom is -0.481 e. The van der Waals surface area contributed by atoms with Crippen LogP contribution in [0.4, 0.5) is 0 Å². The van der Waals surface area contributed by atoms with E-state index in [-0.39, 0.29) is 28.6 Å². The average molecular weight is 278 g/mol. The van der Waals surface area contributed by atoms with Gasteiger partial charge in [-0.05, 0) is 42.4 Å². The third kappa shape index (κ3) is 1.80. The van der Waals surface area contributed by atoms with Gasteiger partial charge in [0, 0.05) is 0 Å². The molecule has 4 unspecified atom stereocenters. The minimum atomic E-state index is -0.689. The summed E-state index contributed by atoms with van der Waals surface area (Å²) in [7, 11) is 0. The lowest BCUT2D eigenvalue weighted by Crippen LogP contribution is -2.45. The summed E-state index contributed by atoms with van der Waals surface area (Å²) in [6, 6.07) is 0. The maximum Gasteiger partial charge on any atom is 0.307 e. The molecule has 0 aromatic heterocycles. The number of aliphatic carboxylic acids is 1. The second-order valence-electron chi connectivity index (χ2n) is 6.71. The van der Waals surface area contributed by atoms with Gasteiger partial charge >= 0.3 is 11.9 Å². The quantitative estimate of drug-likeness (QED) is 0.634. The second-order valence-corrected chi connectivity index (χ2v) is 6.71. The van der Waals surface area contributed by atoms with E-state index in [1.54, 1.807) is 0 Å². The number of carbonyl (C=O) groups is 2. The van der Waals surface area contributed by atoms with Gasteiger partial charge in [-0.25, -0.2) is 0 Å². The molecule has 1 aliphatic heterocycles. The molecular weight excluding hydrogens is 256 g/mol. The zero-order valence-corrected chi connectivity index (χ0v) is 11.9.